The molecule has 0 amide bonds. The monoisotopic (exact) mass is 137 g/mol. The SMILES string of the molecule is Clc1ccccn1.[H-].[Na+]. The summed E-state index contributed by atoms with van der Waals surface area (Å²) in [5.41, 5.74) is 0. The smallest absolute Gasteiger partial charge is 1.00 e. The van der Waals surface area contributed by atoms with Gasteiger partial charge < -0.3 is 1.43 Å². The van der Waals surface area contributed by atoms with Crippen LogP contribution in [0.3, 0.4) is 0 Å². The molecule has 0 atom stereocenters. The van der Waals surface area contributed by atoms with Crippen LogP contribution in [0.4, 0.5) is 0 Å². The third-order valence-electron chi connectivity index (χ3n) is 0.629. The van der Waals surface area contributed by atoms with Crippen LogP contribution in [0.5, 0.6) is 0 Å². The molecular weight excluding hydrogens is 133 g/mol. The van der Waals surface area contributed by atoms with E-state index in [0.717, 1.165) is 0 Å². The number of pyridine rings is 1. The summed E-state index contributed by atoms with van der Waals surface area (Å²) in [6, 6.07) is 5.41. The van der Waals surface area contributed by atoms with Crippen LogP contribution in [0.2, 0.25) is 5.15 Å². The van der Waals surface area contributed by atoms with Gasteiger partial charge in [0.15, 0.2) is 0 Å². The van der Waals surface area contributed by atoms with Gasteiger partial charge in [-0.25, -0.2) is 4.98 Å². The zero-order chi connectivity index (χ0) is 5.11. The number of hydrogen-bond donors (Lipinski definition) is 0. The van der Waals surface area contributed by atoms with E-state index >= 15 is 0 Å². The molecule has 0 fully saturated rings. The Bertz CT molecular complexity index is 147. The van der Waals surface area contributed by atoms with Crippen molar-refractivity contribution < 1.29 is 31.0 Å². The van der Waals surface area contributed by atoms with Crippen molar-refractivity contribution >= 4 is 11.6 Å². The maximum absolute atomic E-state index is 5.43. The summed E-state index contributed by atoms with van der Waals surface area (Å²) in [4.78, 5) is 3.74. The van der Waals surface area contributed by atoms with Crippen LogP contribution in [0.15, 0.2) is 24.4 Å². The van der Waals surface area contributed by atoms with Crippen molar-refractivity contribution in [1.82, 2.24) is 4.98 Å². The Labute approximate surface area is 76.9 Å². The van der Waals surface area contributed by atoms with E-state index in [9.17, 15) is 0 Å². The van der Waals surface area contributed by atoms with Gasteiger partial charge >= 0.3 is 29.6 Å². The van der Waals surface area contributed by atoms with Crippen molar-refractivity contribution in [2.45, 2.75) is 0 Å². The molecule has 1 heterocycles. The molecule has 0 aliphatic rings. The fourth-order valence-corrected chi connectivity index (χ4v) is 0.471. The first kappa shape index (κ1) is 8.44. The van der Waals surface area contributed by atoms with Crippen molar-refractivity contribution in [1.29, 1.82) is 0 Å². The summed E-state index contributed by atoms with van der Waals surface area (Å²) in [5, 5.41) is 0.544. The predicted molar refractivity (Wildman–Crippen MR) is 30.4 cm³/mol. The number of hydrogen-bond acceptors (Lipinski definition) is 1. The normalized spacial score (nSPS) is 7.62. The molecular formula is C5H5ClNNa. The van der Waals surface area contributed by atoms with Crippen LogP contribution in [0, 0.1) is 0 Å². The number of nitrogens with zero attached hydrogens (tertiary/aromatic N) is 1. The summed E-state index contributed by atoms with van der Waals surface area (Å²) >= 11 is 5.43. The summed E-state index contributed by atoms with van der Waals surface area (Å²) in [5.74, 6) is 0. The molecule has 0 radical (unpaired) electrons. The van der Waals surface area contributed by atoms with Gasteiger partial charge in [0.1, 0.15) is 5.15 Å². The molecule has 0 spiro atoms. The Morgan fingerprint density at radius 1 is 1.50 bits per heavy atom. The van der Waals surface area contributed by atoms with Gasteiger partial charge in [-0.2, -0.15) is 0 Å². The maximum atomic E-state index is 5.43. The first-order chi connectivity index (χ1) is 3.39. The molecule has 0 saturated carbocycles. The molecule has 1 nitrogen and oxygen atoms in total. The molecule has 38 valence electrons. The van der Waals surface area contributed by atoms with Crippen LogP contribution >= 0.6 is 11.6 Å². The Hall–Kier alpha value is 0.440. The molecule has 0 aromatic carbocycles. The summed E-state index contributed by atoms with van der Waals surface area (Å²) in [6.07, 6.45) is 1.66. The molecule has 0 aliphatic heterocycles. The second-order valence-electron chi connectivity index (χ2n) is 1.15. The Kier molecular flexibility index (Phi) is 4.57. The van der Waals surface area contributed by atoms with Crippen LogP contribution < -0.4 is 29.6 Å². The summed E-state index contributed by atoms with van der Waals surface area (Å²) in [7, 11) is 0. The van der Waals surface area contributed by atoms with Gasteiger partial charge in [0.2, 0.25) is 0 Å². The van der Waals surface area contributed by atoms with Gasteiger partial charge in [0, 0.05) is 6.20 Å². The number of halogens is 1. The molecule has 1 rings (SSSR count). The minimum atomic E-state index is 0. The first-order valence-corrected chi connectivity index (χ1v) is 2.34. The Morgan fingerprint density at radius 3 is 2.50 bits per heavy atom. The molecule has 0 aliphatic carbocycles. The standard InChI is InChI=1S/C5H4ClN.Na.H/c6-5-3-1-2-4-7-5;;/h1-4H;;/q;+1;-1. The van der Waals surface area contributed by atoms with Crippen LogP contribution in [0.1, 0.15) is 1.43 Å². The van der Waals surface area contributed by atoms with Gasteiger partial charge in [-0.15, -0.1) is 0 Å². The molecule has 0 unspecified atom stereocenters. The quantitative estimate of drug-likeness (QED) is 0.325. The average molecular weight is 138 g/mol. The predicted octanol–water partition coefficient (Wildman–Crippen LogP) is -1.15. The fraction of sp³-hybridized carbons (Fsp3) is 0. The fourth-order valence-electron chi connectivity index (χ4n) is 0.342. The van der Waals surface area contributed by atoms with Crippen molar-refractivity contribution in [2.24, 2.45) is 0 Å². The molecule has 0 N–H and O–H groups in total. The topological polar surface area (TPSA) is 12.9 Å². The van der Waals surface area contributed by atoms with E-state index in [-0.39, 0.29) is 31.0 Å². The van der Waals surface area contributed by atoms with Crippen molar-refractivity contribution in [2.75, 3.05) is 0 Å². The van der Waals surface area contributed by atoms with Gasteiger partial charge in [0.05, 0.1) is 0 Å². The zero-order valence-electron chi connectivity index (χ0n) is 5.63. The van der Waals surface area contributed by atoms with Crippen LogP contribution in [-0.4, -0.2) is 4.98 Å². The maximum Gasteiger partial charge on any atom is 1.00 e. The molecule has 0 bridgehead atoms. The van der Waals surface area contributed by atoms with Crippen LogP contribution in [0.25, 0.3) is 0 Å². The van der Waals surface area contributed by atoms with Crippen LogP contribution in [-0.2, 0) is 0 Å². The zero-order valence-corrected chi connectivity index (χ0v) is 7.39. The first-order valence-electron chi connectivity index (χ1n) is 1.96. The van der Waals surface area contributed by atoms with Gasteiger partial charge in [-0.3, -0.25) is 0 Å². The largest absolute Gasteiger partial charge is 1.00 e. The van der Waals surface area contributed by atoms with E-state index in [1.807, 2.05) is 12.1 Å². The van der Waals surface area contributed by atoms with E-state index in [4.69, 9.17) is 11.6 Å². The van der Waals surface area contributed by atoms with E-state index < -0.39 is 0 Å². The number of aromatic nitrogens is 1. The second kappa shape index (κ2) is 4.33. The van der Waals surface area contributed by atoms with Crippen molar-refractivity contribution in [3.63, 3.8) is 0 Å². The second-order valence-corrected chi connectivity index (χ2v) is 1.54. The van der Waals surface area contributed by atoms with Gasteiger partial charge in [-0.05, 0) is 12.1 Å². The van der Waals surface area contributed by atoms with Crippen molar-refractivity contribution in [3.05, 3.63) is 29.5 Å². The van der Waals surface area contributed by atoms with E-state index in [0.29, 0.717) is 5.15 Å². The van der Waals surface area contributed by atoms with E-state index in [1.165, 1.54) is 0 Å². The summed E-state index contributed by atoms with van der Waals surface area (Å²) in [6.45, 7) is 0. The number of rotatable bonds is 0. The van der Waals surface area contributed by atoms with Gasteiger partial charge in [-0.1, -0.05) is 17.7 Å². The summed E-state index contributed by atoms with van der Waals surface area (Å²) < 4.78 is 0. The van der Waals surface area contributed by atoms with E-state index in [2.05, 4.69) is 4.98 Å². The molecule has 8 heavy (non-hydrogen) atoms. The Morgan fingerprint density at radius 2 is 2.25 bits per heavy atom. The van der Waals surface area contributed by atoms with Gasteiger partial charge in [0.25, 0.3) is 0 Å². The molecule has 3 heteroatoms. The van der Waals surface area contributed by atoms with E-state index in [1.54, 1.807) is 12.3 Å². The third-order valence-corrected chi connectivity index (χ3v) is 0.852. The Balaban J connectivity index is 0. The molecule has 1 aromatic rings. The third kappa shape index (κ3) is 2.68. The average Bonchev–Trinajstić information content (AvgIpc) is 1.69. The minimum Gasteiger partial charge on any atom is -1.00 e. The molecule has 1 aromatic heterocycles. The van der Waals surface area contributed by atoms with Crippen molar-refractivity contribution in [3.8, 4) is 0 Å². The molecule has 0 saturated heterocycles. The minimum absolute atomic E-state index is 0.